The van der Waals surface area contributed by atoms with E-state index in [1.54, 1.807) is 19.2 Å². The number of ether oxygens (including phenoxy) is 2. The zero-order valence-electron chi connectivity index (χ0n) is 16.8. The van der Waals surface area contributed by atoms with Gasteiger partial charge in [0, 0.05) is 59.6 Å². The van der Waals surface area contributed by atoms with Gasteiger partial charge >= 0.3 is 0 Å². The van der Waals surface area contributed by atoms with Crippen molar-refractivity contribution in [2.45, 2.75) is 38.3 Å². The number of pyridine rings is 1. The van der Waals surface area contributed by atoms with E-state index in [0.717, 1.165) is 32.5 Å². The second kappa shape index (κ2) is 10.4. The first kappa shape index (κ1) is 22.1. The Morgan fingerprint density at radius 2 is 2.23 bits per heavy atom. The van der Waals surface area contributed by atoms with Gasteiger partial charge in [-0.25, -0.2) is 9.37 Å². The zero-order chi connectivity index (χ0) is 21.5. The molecule has 1 aromatic heterocycles. The summed E-state index contributed by atoms with van der Waals surface area (Å²) in [6.07, 6.45) is 7.06. The van der Waals surface area contributed by atoms with Gasteiger partial charge in [-0.05, 0) is 50.5 Å². The maximum absolute atomic E-state index is 13.6. The van der Waals surface area contributed by atoms with Crippen molar-refractivity contribution < 1.29 is 13.9 Å². The molecule has 6 nitrogen and oxygen atoms in total. The van der Waals surface area contributed by atoms with Gasteiger partial charge in [-0.3, -0.25) is 0 Å². The van der Waals surface area contributed by atoms with Crippen molar-refractivity contribution in [3.05, 3.63) is 58.6 Å². The number of hydrogen-bond donors (Lipinski definition) is 3. The van der Waals surface area contributed by atoms with E-state index in [9.17, 15) is 4.39 Å². The largest absolute Gasteiger partial charge is 0.482 e. The van der Waals surface area contributed by atoms with Crippen LogP contribution in [0.4, 0.5) is 10.2 Å². The topological polar surface area (TPSA) is 93.2 Å². The molecular weight excluding hydrogens is 407 g/mol. The highest BCUT2D eigenvalue weighted by Gasteiger charge is 2.16. The Hall–Kier alpha value is -2.64. The van der Waals surface area contributed by atoms with Crippen molar-refractivity contribution in [3.8, 4) is 5.75 Å². The van der Waals surface area contributed by atoms with E-state index >= 15 is 0 Å². The Bertz CT molecular complexity index is 914. The Morgan fingerprint density at radius 1 is 1.40 bits per heavy atom. The second-order valence-electron chi connectivity index (χ2n) is 7.18. The number of rotatable bonds is 7. The summed E-state index contributed by atoms with van der Waals surface area (Å²) >= 11 is 6.18. The van der Waals surface area contributed by atoms with E-state index in [0.29, 0.717) is 33.5 Å². The quantitative estimate of drug-likeness (QED) is 0.549. The summed E-state index contributed by atoms with van der Waals surface area (Å²) in [6, 6.07) is 6.15. The van der Waals surface area contributed by atoms with Crippen LogP contribution in [0.5, 0.6) is 5.75 Å². The normalized spacial score (nSPS) is 18.4. The summed E-state index contributed by atoms with van der Waals surface area (Å²) in [5.74, 6) is 0.154. The number of hydrogen-bond acceptors (Lipinski definition) is 6. The van der Waals surface area contributed by atoms with E-state index < -0.39 is 11.9 Å². The highest BCUT2D eigenvalue weighted by atomic mass is 35.5. The fourth-order valence-electron chi connectivity index (χ4n) is 3.27. The third-order valence-corrected chi connectivity index (χ3v) is 5.34. The Morgan fingerprint density at radius 3 is 3.03 bits per heavy atom. The maximum atomic E-state index is 13.6. The van der Waals surface area contributed by atoms with Crippen molar-refractivity contribution in [3.63, 3.8) is 0 Å². The van der Waals surface area contributed by atoms with E-state index in [2.05, 4.69) is 10.3 Å². The first-order valence-electron chi connectivity index (χ1n) is 9.90. The lowest BCUT2D eigenvalue weighted by molar-refractivity contribution is 0.143. The summed E-state index contributed by atoms with van der Waals surface area (Å²) in [7, 11) is 0. The Kier molecular flexibility index (Phi) is 7.65. The SMILES string of the molecule is CC(Oc1cc(/C(C=N)=C/NC2CCCOCC2)cnc1N)c1cc(F)ccc1Cl. The molecule has 30 heavy (non-hydrogen) atoms. The highest BCUT2D eigenvalue weighted by molar-refractivity contribution is 6.31. The molecule has 1 aliphatic rings. The average molecular weight is 433 g/mol. The van der Waals surface area contributed by atoms with Gasteiger partial charge in [0.05, 0.1) is 0 Å². The molecule has 0 bridgehead atoms. The highest BCUT2D eigenvalue weighted by Crippen LogP contribution is 2.31. The van der Waals surface area contributed by atoms with Gasteiger partial charge in [-0.15, -0.1) is 0 Å². The predicted octanol–water partition coefficient (Wildman–Crippen LogP) is 4.75. The summed E-state index contributed by atoms with van der Waals surface area (Å²) in [4.78, 5) is 4.20. The summed E-state index contributed by atoms with van der Waals surface area (Å²) in [5, 5.41) is 11.6. The monoisotopic (exact) mass is 432 g/mol. The number of nitrogens with two attached hydrogens (primary N) is 1. The molecule has 0 aliphatic carbocycles. The van der Waals surface area contributed by atoms with Crippen molar-refractivity contribution in [2.75, 3.05) is 18.9 Å². The molecule has 0 radical (unpaired) electrons. The van der Waals surface area contributed by atoms with E-state index in [1.165, 1.54) is 24.4 Å². The smallest absolute Gasteiger partial charge is 0.166 e. The number of halogens is 2. The molecule has 0 amide bonds. The molecule has 1 saturated heterocycles. The minimum Gasteiger partial charge on any atom is -0.482 e. The van der Waals surface area contributed by atoms with Crippen LogP contribution in [0.2, 0.25) is 5.02 Å². The van der Waals surface area contributed by atoms with Gasteiger partial charge in [0.15, 0.2) is 11.6 Å². The van der Waals surface area contributed by atoms with Crippen LogP contribution in [0, 0.1) is 11.2 Å². The van der Waals surface area contributed by atoms with E-state index in [4.69, 9.17) is 32.2 Å². The van der Waals surface area contributed by atoms with E-state index in [-0.39, 0.29) is 5.82 Å². The number of nitrogens with zero attached hydrogens (tertiary/aromatic N) is 1. The van der Waals surface area contributed by atoms with Gasteiger partial charge < -0.3 is 25.9 Å². The van der Waals surface area contributed by atoms with Gasteiger partial charge in [0.2, 0.25) is 0 Å². The molecule has 2 unspecified atom stereocenters. The van der Waals surface area contributed by atoms with Crippen LogP contribution in [-0.2, 0) is 4.74 Å². The van der Waals surface area contributed by atoms with Gasteiger partial charge in [-0.2, -0.15) is 0 Å². The molecule has 2 aromatic rings. The molecular formula is C22H26ClFN4O2. The fraction of sp³-hybridized carbons (Fsp3) is 0.364. The maximum Gasteiger partial charge on any atom is 0.166 e. The van der Waals surface area contributed by atoms with Crippen molar-refractivity contribution in [1.29, 1.82) is 5.41 Å². The lowest BCUT2D eigenvalue weighted by atomic mass is 10.1. The molecule has 2 heterocycles. The predicted molar refractivity (Wildman–Crippen MR) is 117 cm³/mol. The molecule has 1 fully saturated rings. The first-order valence-corrected chi connectivity index (χ1v) is 10.3. The third kappa shape index (κ3) is 5.70. The van der Waals surface area contributed by atoms with E-state index in [1.807, 2.05) is 6.20 Å². The van der Waals surface area contributed by atoms with Gasteiger partial charge in [0.1, 0.15) is 11.9 Å². The van der Waals surface area contributed by atoms with Crippen LogP contribution in [0.15, 0.2) is 36.7 Å². The van der Waals surface area contributed by atoms with Crippen LogP contribution in [0.25, 0.3) is 5.57 Å². The molecule has 1 aromatic carbocycles. The van der Waals surface area contributed by atoms with Crippen LogP contribution in [0.3, 0.4) is 0 Å². The molecule has 4 N–H and O–H groups in total. The summed E-state index contributed by atoms with van der Waals surface area (Å²) in [5.41, 5.74) is 7.83. The fourth-order valence-corrected chi connectivity index (χ4v) is 3.55. The lowest BCUT2D eigenvalue weighted by Crippen LogP contribution is -2.24. The molecule has 3 rings (SSSR count). The zero-order valence-corrected chi connectivity index (χ0v) is 17.6. The van der Waals surface area contributed by atoms with Gasteiger partial charge in [-0.1, -0.05) is 11.6 Å². The number of nitrogens with one attached hydrogen (secondary N) is 2. The van der Waals surface area contributed by atoms with Crippen LogP contribution < -0.4 is 15.8 Å². The van der Waals surface area contributed by atoms with Crippen LogP contribution in [-0.4, -0.2) is 30.5 Å². The molecule has 160 valence electrons. The lowest BCUT2D eigenvalue weighted by Gasteiger charge is -2.18. The van der Waals surface area contributed by atoms with Crippen molar-refractivity contribution in [2.24, 2.45) is 0 Å². The molecule has 1 aliphatic heterocycles. The minimum atomic E-state index is -0.538. The number of allylic oxidation sites excluding steroid dienone is 1. The van der Waals surface area contributed by atoms with Gasteiger partial charge in [0.25, 0.3) is 0 Å². The molecule has 0 spiro atoms. The average Bonchev–Trinajstić information content (AvgIpc) is 3.01. The number of benzene rings is 1. The van der Waals surface area contributed by atoms with Crippen molar-refractivity contribution >= 4 is 29.2 Å². The Labute approximate surface area is 180 Å². The minimum absolute atomic E-state index is 0.205. The summed E-state index contributed by atoms with van der Waals surface area (Å²) < 4.78 is 25.0. The number of anilines is 1. The standard InChI is InChI=1S/C22H26ClFN4O2/c1-14(19-10-17(24)4-5-20(19)23)30-21-9-15(12-28-22(21)26)16(11-25)13-27-18-3-2-7-29-8-6-18/h4-5,9-14,18,25,27H,2-3,6-8H2,1H3,(H2,26,28)/b16-13+,25-11?. The second-order valence-corrected chi connectivity index (χ2v) is 7.59. The number of aromatic nitrogens is 1. The van der Waals surface area contributed by atoms with Crippen molar-refractivity contribution in [1.82, 2.24) is 10.3 Å². The Balaban J connectivity index is 1.78. The summed E-state index contributed by atoms with van der Waals surface area (Å²) in [6.45, 7) is 3.28. The molecule has 2 atom stereocenters. The van der Waals surface area contributed by atoms with Crippen LogP contribution >= 0.6 is 11.6 Å². The number of nitrogen functional groups attached to an aromatic ring is 1. The van der Waals surface area contributed by atoms with Crippen LogP contribution in [0.1, 0.15) is 43.4 Å². The molecule has 8 heteroatoms. The molecule has 0 saturated carbocycles. The third-order valence-electron chi connectivity index (χ3n) is 5.00. The first-order chi connectivity index (χ1) is 14.5.